The highest BCUT2D eigenvalue weighted by molar-refractivity contribution is 7.89. The number of fused-ring (bicyclic) bond motifs is 1. The van der Waals surface area contributed by atoms with Gasteiger partial charge >= 0.3 is 6.18 Å². The molecule has 1 aliphatic rings. The number of halogens is 3. The highest BCUT2D eigenvalue weighted by atomic mass is 32.2. The summed E-state index contributed by atoms with van der Waals surface area (Å²) in [4.78, 5) is 12.9. The van der Waals surface area contributed by atoms with Crippen molar-refractivity contribution in [1.82, 2.24) is 33.9 Å². The average molecular weight is 524 g/mol. The molecule has 5 heterocycles. The molecule has 1 unspecified atom stereocenters. The molecule has 4 aromatic heterocycles. The molecular formula is C22H24F3N7O3S. The summed E-state index contributed by atoms with van der Waals surface area (Å²) in [6, 6.07) is 2.81. The van der Waals surface area contributed by atoms with E-state index in [1.807, 2.05) is 23.9 Å². The number of aromatic nitrogens is 5. The van der Waals surface area contributed by atoms with E-state index >= 15 is 0 Å². The van der Waals surface area contributed by atoms with Crippen LogP contribution in [-0.2, 0) is 16.2 Å². The van der Waals surface area contributed by atoms with Gasteiger partial charge in [0.15, 0.2) is 0 Å². The summed E-state index contributed by atoms with van der Waals surface area (Å²) in [5.41, 5.74) is 2.36. The first-order valence-electron chi connectivity index (χ1n) is 11.3. The van der Waals surface area contributed by atoms with Gasteiger partial charge in [0.1, 0.15) is 22.6 Å². The highest BCUT2D eigenvalue weighted by Crippen LogP contribution is 2.37. The van der Waals surface area contributed by atoms with Gasteiger partial charge in [-0.1, -0.05) is 0 Å². The minimum Gasteiger partial charge on any atom is -0.455 e. The molecule has 0 bridgehead atoms. The van der Waals surface area contributed by atoms with Crippen LogP contribution >= 0.6 is 0 Å². The van der Waals surface area contributed by atoms with Crippen molar-refractivity contribution in [3.63, 3.8) is 0 Å². The third-order valence-corrected chi connectivity index (χ3v) is 8.13. The lowest BCUT2D eigenvalue weighted by Crippen LogP contribution is -2.49. The van der Waals surface area contributed by atoms with Crippen LogP contribution in [0.15, 0.2) is 46.4 Å². The quantitative estimate of drug-likeness (QED) is 0.413. The van der Waals surface area contributed by atoms with Gasteiger partial charge in [-0.2, -0.15) is 22.6 Å². The Balaban J connectivity index is 1.24. The molecule has 1 aliphatic heterocycles. The zero-order chi connectivity index (χ0) is 25.7. The third-order valence-electron chi connectivity index (χ3n) is 6.23. The molecule has 0 saturated carbocycles. The number of alkyl halides is 3. The van der Waals surface area contributed by atoms with Gasteiger partial charge in [0.25, 0.3) is 0 Å². The van der Waals surface area contributed by atoms with Crippen molar-refractivity contribution in [3.8, 4) is 11.3 Å². The van der Waals surface area contributed by atoms with Crippen molar-refractivity contribution >= 4 is 21.1 Å². The van der Waals surface area contributed by atoms with Crippen molar-refractivity contribution < 1.29 is 26.0 Å². The lowest BCUT2D eigenvalue weighted by atomic mass is 10.2. The van der Waals surface area contributed by atoms with Gasteiger partial charge in [-0.25, -0.2) is 18.4 Å². The Labute approximate surface area is 204 Å². The molecule has 1 saturated heterocycles. The molecule has 36 heavy (non-hydrogen) atoms. The first-order chi connectivity index (χ1) is 17.0. The van der Waals surface area contributed by atoms with Gasteiger partial charge in [-0.15, -0.1) is 0 Å². The number of nitrogens with zero attached hydrogens (tertiary/aromatic N) is 6. The molecule has 192 valence electrons. The lowest BCUT2D eigenvalue weighted by Gasteiger charge is -2.35. The third kappa shape index (κ3) is 4.51. The molecule has 0 spiro atoms. The SMILES string of the molecule is Cc1cc(S(=O)(=O)N2CCN(CC(C)n3cc(-c4ncnc5[nH]ccc45)cn3)CC2)c(C(F)(F)F)o1. The van der Waals surface area contributed by atoms with Crippen molar-refractivity contribution in [3.05, 3.63) is 48.6 Å². The monoisotopic (exact) mass is 523 g/mol. The van der Waals surface area contributed by atoms with Crippen LogP contribution in [0.4, 0.5) is 13.2 Å². The fraction of sp³-hybridized carbons (Fsp3) is 0.409. The zero-order valence-corrected chi connectivity index (χ0v) is 20.3. The van der Waals surface area contributed by atoms with E-state index in [1.54, 1.807) is 12.4 Å². The normalized spacial score (nSPS) is 17.1. The Kier molecular flexibility index (Phi) is 6.12. The summed E-state index contributed by atoms with van der Waals surface area (Å²) in [5, 5.41) is 5.37. The van der Waals surface area contributed by atoms with Crippen LogP contribution in [0, 0.1) is 6.92 Å². The molecule has 14 heteroatoms. The molecule has 1 atom stereocenters. The van der Waals surface area contributed by atoms with Crippen LogP contribution in [0.2, 0.25) is 0 Å². The van der Waals surface area contributed by atoms with Gasteiger partial charge in [0.2, 0.25) is 15.8 Å². The van der Waals surface area contributed by atoms with Gasteiger partial charge in [0.05, 0.1) is 17.9 Å². The molecule has 0 amide bonds. The topological polar surface area (TPSA) is 113 Å². The average Bonchev–Trinajstić information content (AvgIpc) is 3.58. The predicted octanol–water partition coefficient (Wildman–Crippen LogP) is 3.31. The molecule has 0 radical (unpaired) electrons. The zero-order valence-electron chi connectivity index (χ0n) is 19.5. The van der Waals surface area contributed by atoms with Crippen molar-refractivity contribution in [1.29, 1.82) is 0 Å². The standard InChI is InChI=1S/C22H24F3N7O3S/c1-14(32-12-16(10-29-32)19-17-3-4-26-21(17)28-13-27-19)11-30-5-7-31(8-6-30)36(33,34)18-9-15(2)35-20(18)22(23,24)25/h3-4,9-10,12-14H,5-8,11H2,1-2H3,(H,26,27,28). The molecule has 1 fully saturated rings. The Morgan fingerprint density at radius 3 is 2.67 bits per heavy atom. The molecule has 4 aromatic rings. The van der Waals surface area contributed by atoms with E-state index in [2.05, 4.69) is 29.4 Å². The van der Waals surface area contributed by atoms with Crippen molar-refractivity contribution in [2.75, 3.05) is 32.7 Å². The Morgan fingerprint density at radius 2 is 1.94 bits per heavy atom. The molecule has 0 aliphatic carbocycles. The molecular weight excluding hydrogens is 499 g/mol. The van der Waals surface area contributed by atoms with E-state index < -0.39 is 26.9 Å². The Hall–Kier alpha value is -3.23. The number of hydrogen-bond acceptors (Lipinski definition) is 7. The Morgan fingerprint density at radius 1 is 1.19 bits per heavy atom. The van der Waals surface area contributed by atoms with Gasteiger partial charge < -0.3 is 9.40 Å². The molecule has 5 rings (SSSR count). The second-order valence-electron chi connectivity index (χ2n) is 8.77. The van der Waals surface area contributed by atoms with Crippen LogP contribution in [-0.4, -0.2) is 75.1 Å². The van der Waals surface area contributed by atoms with Gasteiger partial charge in [0, 0.05) is 62.1 Å². The van der Waals surface area contributed by atoms with E-state index in [9.17, 15) is 21.6 Å². The number of rotatable bonds is 6. The number of aromatic amines is 1. The minimum atomic E-state index is -4.89. The van der Waals surface area contributed by atoms with Crippen LogP contribution in [0.1, 0.15) is 24.5 Å². The van der Waals surface area contributed by atoms with E-state index in [4.69, 9.17) is 0 Å². The number of piperazine rings is 1. The smallest absolute Gasteiger partial charge is 0.450 e. The summed E-state index contributed by atoms with van der Waals surface area (Å²) < 4.78 is 73.4. The number of nitrogens with one attached hydrogen (secondary N) is 1. The van der Waals surface area contributed by atoms with E-state index in [0.29, 0.717) is 19.6 Å². The largest absolute Gasteiger partial charge is 0.455 e. The summed E-state index contributed by atoms with van der Waals surface area (Å²) >= 11 is 0. The van der Waals surface area contributed by atoms with E-state index in [-0.39, 0.29) is 24.9 Å². The number of H-pyrrole nitrogens is 1. The maximum atomic E-state index is 13.3. The lowest BCUT2D eigenvalue weighted by molar-refractivity contribution is -0.156. The van der Waals surface area contributed by atoms with Crippen LogP contribution in [0.5, 0.6) is 0 Å². The minimum absolute atomic E-state index is 0.0289. The first kappa shape index (κ1) is 24.5. The maximum Gasteiger partial charge on any atom is 0.450 e. The Bertz CT molecular complexity index is 1480. The summed E-state index contributed by atoms with van der Waals surface area (Å²) in [7, 11) is -4.34. The van der Waals surface area contributed by atoms with E-state index in [0.717, 1.165) is 32.7 Å². The van der Waals surface area contributed by atoms with Crippen LogP contribution in [0.25, 0.3) is 22.3 Å². The number of aryl methyl sites for hydroxylation is 1. The van der Waals surface area contributed by atoms with Crippen molar-refractivity contribution in [2.45, 2.75) is 31.0 Å². The molecule has 10 nitrogen and oxygen atoms in total. The summed E-state index contributed by atoms with van der Waals surface area (Å²) in [6.07, 6.45) is 2.04. The summed E-state index contributed by atoms with van der Waals surface area (Å²) in [5.74, 6) is -1.59. The molecule has 1 N–H and O–H groups in total. The van der Waals surface area contributed by atoms with Gasteiger partial charge in [-0.05, 0) is 19.9 Å². The maximum absolute atomic E-state index is 13.3. The van der Waals surface area contributed by atoms with Crippen LogP contribution in [0.3, 0.4) is 0 Å². The van der Waals surface area contributed by atoms with Crippen LogP contribution < -0.4 is 0 Å². The fourth-order valence-electron chi connectivity index (χ4n) is 4.43. The highest BCUT2D eigenvalue weighted by Gasteiger charge is 2.44. The summed E-state index contributed by atoms with van der Waals surface area (Å²) in [6.45, 7) is 4.80. The van der Waals surface area contributed by atoms with Crippen molar-refractivity contribution in [2.24, 2.45) is 0 Å². The number of sulfonamides is 1. The predicted molar refractivity (Wildman–Crippen MR) is 123 cm³/mol. The number of hydrogen-bond donors (Lipinski definition) is 1. The molecule has 0 aromatic carbocycles. The first-order valence-corrected chi connectivity index (χ1v) is 12.7. The van der Waals surface area contributed by atoms with Gasteiger partial charge in [-0.3, -0.25) is 9.58 Å². The van der Waals surface area contributed by atoms with E-state index in [1.165, 1.54) is 13.3 Å². The fourth-order valence-corrected chi connectivity index (χ4v) is 6.06. The second-order valence-corrected chi connectivity index (χ2v) is 10.7. The second kappa shape index (κ2) is 9.01. The number of furan rings is 1.